The molecule has 0 heterocycles. The monoisotopic (exact) mass is 298 g/mol. The van der Waals surface area contributed by atoms with Crippen LogP contribution in [0.1, 0.15) is 0 Å². The molecule has 0 aromatic heterocycles. The van der Waals surface area contributed by atoms with E-state index in [0.29, 0.717) is 0 Å². The molecule has 0 radical (unpaired) electrons. The summed E-state index contributed by atoms with van der Waals surface area (Å²) in [5.41, 5.74) is 1.49. The van der Waals surface area contributed by atoms with Crippen LogP contribution in [0.4, 0.5) is 0 Å². The van der Waals surface area contributed by atoms with E-state index >= 15 is 0 Å². The van der Waals surface area contributed by atoms with Crippen LogP contribution in [-0.4, -0.2) is 0 Å². The fourth-order valence-electron chi connectivity index (χ4n) is 0.0337. The molecule has 0 aromatic carbocycles. The summed E-state index contributed by atoms with van der Waals surface area (Å²) in [6.45, 7) is 0. The standard InChI is InChI=1S/C2H2Cl.ClH.Hg/c1-2-3;;/h1-2H;1H;/q;;+1/p-1. The first-order valence-corrected chi connectivity index (χ1v) is 11.6. The maximum absolute atomic E-state index is 5.35. The summed E-state index contributed by atoms with van der Waals surface area (Å²) in [6, 6.07) is 0. The minimum absolute atomic E-state index is 0.984. The Bertz CT molecular complexity index is 34.6. The molecule has 0 bridgehead atoms. The quantitative estimate of drug-likeness (QED) is 0.649. The first-order valence-electron chi connectivity index (χ1n) is 1.23. The van der Waals surface area contributed by atoms with Crippen LogP contribution in [0.25, 0.3) is 0 Å². The van der Waals surface area contributed by atoms with Crippen molar-refractivity contribution in [3.63, 3.8) is 0 Å². The van der Waals surface area contributed by atoms with Crippen LogP contribution in [0.2, 0.25) is 0 Å². The second-order valence-corrected chi connectivity index (χ2v) is 6.51. The second-order valence-electron chi connectivity index (χ2n) is 0.516. The van der Waals surface area contributed by atoms with Gasteiger partial charge >= 0.3 is 52.3 Å². The second kappa shape index (κ2) is 5.26. The van der Waals surface area contributed by atoms with Crippen molar-refractivity contribution in [2.24, 2.45) is 0 Å². The van der Waals surface area contributed by atoms with Crippen molar-refractivity contribution in [3.05, 3.63) is 9.12 Å². The molecule has 0 aliphatic heterocycles. The summed E-state index contributed by atoms with van der Waals surface area (Å²) < 4.78 is 1.88. The third-order valence-corrected chi connectivity index (χ3v) is 4.69. The fraction of sp³-hybridized carbons (Fsp3) is 0. The summed E-state index contributed by atoms with van der Waals surface area (Å²) in [7, 11) is 5.35. The SMILES string of the molecule is Cl/C=[CH]/[Hg][Cl]. The van der Waals surface area contributed by atoms with Crippen LogP contribution >= 0.6 is 19.9 Å². The van der Waals surface area contributed by atoms with Crippen molar-refractivity contribution in [1.29, 1.82) is 0 Å². The number of hydrogen-bond donors (Lipinski definition) is 0. The molecule has 0 spiro atoms. The van der Waals surface area contributed by atoms with Gasteiger partial charge in [0.05, 0.1) is 0 Å². The molecule has 5 heavy (non-hydrogen) atoms. The van der Waals surface area contributed by atoms with E-state index in [4.69, 9.17) is 19.9 Å². The number of rotatable bonds is 1. The Labute approximate surface area is 52.0 Å². The molecule has 0 aliphatic rings. The Balaban J connectivity index is 2.62. The van der Waals surface area contributed by atoms with Gasteiger partial charge in [0.1, 0.15) is 0 Å². The fourth-order valence-corrected chi connectivity index (χ4v) is 2.66. The Hall–Kier alpha value is 1.26. The molecule has 0 fully saturated rings. The van der Waals surface area contributed by atoms with Gasteiger partial charge in [0.25, 0.3) is 0 Å². The molecule has 0 amide bonds. The van der Waals surface area contributed by atoms with E-state index in [2.05, 4.69) is 0 Å². The van der Waals surface area contributed by atoms with Crippen molar-refractivity contribution in [2.45, 2.75) is 0 Å². The molecule has 3 heteroatoms. The van der Waals surface area contributed by atoms with Crippen LogP contribution < -0.4 is 0 Å². The molecular weight excluding hydrogens is 296 g/mol. The zero-order valence-electron chi connectivity index (χ0n) is 2.62. The molecule has 0 N–H and O–H groups in total. The van der Waals surface area contributed by atoms with Crippen molar-refractivity contribution in [2.75, 3.05) is 0 Å². The molecule has 0 nitrogen and oxygen atoms in total. The van der Waals surface area contributed by atoms with Gasteiger partial charge in [-0.3, -0.25) is 0 Å². The zero-order valence-corrected chi connectivity index (χ0v) is 9.63. The van der Waals surface area contributed by atoms with E-state index in [0.717, 1.165) is 0 Å². The average molecular weight is 298 g/mol. The molecule has 0 saturated heterocycles. The molecule has 0 unspecified atom stereocenters. The summed E-state index contributed by atoms with van der Waals surface area (Å²) in [5.74, 6) is 0. The molecule has 0 aliphatic carbocycles. The van der Waals surface area contributed by atoms with E-state index in [1.807, 2.05) is 3.58 Å². The van der Waals surface area contributed by atoms with Crippen LogP contribution in [0.5, 0.6) is 0 Å². The Morgan fingerprint density at radius 3 is 2.20 bits per heavy atom. The van der Waals surface area contributed by atoms with E-state index in [1.54, 1.807) is 0 Å². The van der Waals surface area contributed by atoms with E-state index in [-0.39, 0.29) is 0 Å². The topological polar surface area (TPSA) is 0 Å². The molecule has 0 atom stereocenters. The van der Waals surface area contributed by atoms with Crippen molar-refractivity contribution < 1.29 is 23.3 Å². The Morgan fingerprint density at radius 2 is 2.20 bits per heavy atom. The van der Waals surface area contributed by atoms with Crippen LogP contribution in [-0.2, 0) is 23.3 Å². The van der Waals surface area contributed by atoms with Crippen molar-refractivity contribution >= 4 is 19.9 Å². The summed E-state index contributed by atoms with van der Waals surface area (Å²) in [5, 5.41) is 0. The summed E-state index contributed by atoms with van der Waals surface area (Å²) >= 11 is 4.11. The number of halogens is 2. The van der Waals surface area contributed by atoms with Crippen molar-refractivity contribution in [3.8, 4) is 0 Å². The van der Waals surface area contributed by atoms with Gasteiger partial charge in [0, 0.05) is 0 Å². The van der Waals surface area contributed by atoms with Gasteiger partial charge in [0.2, 0.25) is 0 Å². The average Bonchev–Trinajstić information content (AvgIpc) is 1.41. The molecule has 0 saturated carbocycles. The third kappa shape index (κ3) is 5.26. The third-order valence-electron chi connectivity index (χ3n) is 0.178. The molecule has 0 aromatic rings. The van der Waals surface area contributed by atoms with Gasteiger partial charge < -0.3 is 0 Å². The van der Waals surface area contributed by atoms with Gasteiger partial charge in [-0.1, -0.05) is 0 Å². The van der Waals surface area contributed by atoms with Crippen LogP contribution in [0, 0.1) is 0 Å². The molecule has 0 rings (SSSR count). The van der Waals surface area contributed by atoms with Gasteiger partial charge in [-0.05, 0) is 0 Å². The van der Waals surface area contributed by atoms with Gasteiger partial charge in [-0.25, -0.2) is 0 Å². The predicted octanol–water partition coefficient (Wildman–Crippen LogP) is 1.93. The van der Waals surface area contributed by atoms with Gasteiger partial charge in [-0.2, -0.15) is 0 Å². The first-order chi connectivity index (χ1) is 2.41. The molecular formula is C2H2Cl2Hg. The van der Waals surface area contributed by atoms with Crippen molar-refractivity contribution in [1.82, 2.24) is 0 Å². The molecule has 26 valence electrons. The normalized spacial score (nSPS) is 8.40. The first kappa shape index (κ1) is 6.26. The maximum atomic E-state index is 5.35. The van der Waals surface area contributed by atoms with E-state index < -0.39 is 23.3 Å². The van der Waals surface area contributed by atoms with Crippen LogP contribution in [0.15, 0.2) is 9.12 Å². The van der Waals surface area contributed by atoms with Gasteiger partial charge in [0.15, 0.2) is 0 Å². The van der Waals surface area contributed by atoms with Gasteiger partial charge in [-0.15, -0.1) is 0 Å². The summed E-state index contributed by atoms with van der Waals surface area (Å²) in [4.78, 5) is 0. The minimum atomic E-state index is -0.984. The van der Waals surface area contributed by atoms with E-state index in [1.165, 1.54) is 5.54 Å². The zero-order chi connectivity index (χ0) is 4.12. The van der Waals surface area contributed by atoms with Crippen LogP contribution in [0.3, 0.4) is 0 Å². The van der Waals surface area contributed by atoms with E-state index in [9.17, 15) is 0 Å². The number of hydrogen-bond acceptors (Lipinski definition) is 0. The Morgan fingerprint density at radius 1 is 1.60 bits per heavy atom. The summed E-state index contributed by atoms with van der Waals surface area (Å²) in [6.07, 6.45) is 0. The predicted molar refractivity (Wildman–Crippen MR) is 20.8 cm³/mol. The Kier molecular flexibility index (Phi) is 6.57.